The van der Waals surface area contributed by atoms with Crippen molar-refractivity contribution in [3.63, 3.8) is 0 Å². The van der Waals surface area contributed by atoms with Crippen molar-refractivity contribution in [2.75, 3.05) is 13.7 Å². The van der Waals surface area contributed by atoms with Gasteiger partial charge in [0, 0.05) is 18.1 Å². The topological polar surface area (TPSA) is 75.7 Å². The summed E-state index contributed by atoms with van der Waals surface area (Å²) in [5.41, 5.74) is 0.805. The van der Waals surface area contributed by atoms with Gasteiger partial charge in [0.2, 0.25) is 15.9 Å². The van der Waals surface area contributed by atoms with Crippen molar-refractivity contribution in [2.24, 2.45) is 0 Å². The zero-order chi connectivity index (χ0) is 20.0. The average Bonchev–Trinajstić information content (AvgIpc) is 2.66. The van der Waals surface area contributed by atoms with Crippen LogP contribution in [0.2, 0.25) is 5.02 Å². The fourth-order valence-electron chi connectivity index (χ4n) is 2.56. The van der Waals surface area contributed by atoms with Crippen LogP contribution in [0.1, 0.15) is 19.4 Å². The molecule has 146 valence electrons. The van der Waals surface area contributed by atoms with Crippen molar-refractivity contribution in [2.45, 2.75) is 31.3 Å². The van der Waals surface area contributed by atoms with E-state index in [1.54, 1.807) is 23.1 Å². The predicted molar refractivity (Wildman–Crippen MR) is 105 cm³/mol. The van der Waals surface area contributed by atoms with Gasteiger partial charge in [-0.05, 0) is 49.7 Å². The van der Waals surface area contributed by atoms with Crippen molar-refractivity contribution in [1.82, 2.24) is 9.62 Å². The summed E-state index contributed by atoms with van der Waals surface area (Å²) in [6.45, 7) is 4.10. The first kappa shape index (κ1) is 21.2. The maximum atomic E-state index is 12.7. The minimum absolute atomic E-state index is 0.0668. The highest BCUT2D eigenvalue weighted by Crippen LogP contribution is 2.18. The molecule has 0 bridgehead atoms. The molecule has 0 radical (unpaired) electrons. The third-order valence-electron chi connectivity index (χ3n) is 4.08. The van der Waals surface area contributed by atoms with Crippen LogP contribution in [0.4, 0.5) is 0 Å². The molecular weight excluding hydrogens is 388 g/mol. The van der Waals surface area contributed by atoms with Crippen LogP contribution in [-0.2, 0) is 21.4 Å². The maximum Gasteiger partial charge on any atom is 0.241 e. The molecular formula is C19H23ClN2O4S. The van der Waals surface area contributed by atoms with Gasteiger partial charge in [0.15, 0.2) is 0 Å². The summed E-state index contributed by atoms with van der Waals surface area (Å²) in [6, 6.07) is 12.3. The Morgan fingerprint density at radius 1 is 1.19 bits per heavy atom. The van der Waals surface area contributed by atoms with Crippen LogP contribution in [0.25, 0.3) is 0 Å². The van der Waals surface area contributed by atoms with Crippen LogP contribution in [0, 0.1) is 0 Å². The van der Waals surface area contributed by atoms with E-state index in [2.05, 4.69) is 4.72 Å². The van der Waals surface area contributed by atoms with Crippen LogP contribution >= 0.6 is 11.6 Å². The van der Waals surface area contributed by atoms with Gasteiger partial charge in [-0.1, -0.05) is 29.8 Å². The molecule has 0 fully saturated rings. The first-order valence-corrected chi connectivity index (χ1v) is 10.3. The lowest BCUT2D eigenvalue weighted by atomic mass is 10.2. The summed E-state index contributed by atoms with van der Waals surface area (Å²) < 4.78 is 32.5. The van der Waals surface area contributed by atoms with Crippen LogP contribution in [0.5, 0.6) is 5.75 Å². The Morgan fingerprint density at radius 2 is 1.81 bits per heavy atom. The Kier molecular flexibility index (Phi) is 7.24. The number of nitrogens with one attached hydrogen (secondary N) is 1. The number of hydrogen-bond acceptors (Lipinski definition) is 4. The summed E-state index contributed by atoms with van der Waals surface area (Å²) in [6.07, 6.45) is 0. The van der Waals surface area contributed by atoms with E-state index in [0.29, 0.717) is 23.9 Å². The summed E-state index contributed by atoms with van der Waals surface area (Å²) in [5, 5.41) is 0.565. The number of carbonyl (C=O) groups is 1. The van der Waals surface area contributed by atoms with E-state index in [-0.39, 0.29) is 10.8 Å². The molecule has 2 rings (SSSR count). The van der Waals surface area contributed by atoms with Crippen LogP contribution in [0.3, 0.4) is 0 Å². The van der Waals surface area contributed by atoms with Gasteiger partial charge < -0.3 is 9.64 Å². The standard InChI is InChI=1S/C19H23ClN2O4S/c1-4-22(13-15-7-5-6-8-18(15)20)19(23)14(2)21-27(24,25)17-11-9-16(26-3)10-12-17/h5-12,14,21H,4,13H2,1-3H3/t14-/m0/s1. The SMILES string of the molecule is CCN(Cc1ccccc1Cl)C(=O)[C@H](C)NS(=O)(=O)c1ccc(OC)cc1. The first-order valence-electron chi connectivity index (χ1n) is 8.47. The molecule has 0 heterocycles. The number of methoxy groups -OCH3 is 1. The number of nitrogens with zero attached hydrogens (tertiary/aromatic N) is 1. The normalized spacial score (nSPS) is 12.4. The van der Waals surface area contributed by atoms with Crippen molar-refractivity contribution >= 4 is 27.5 Å². The number of amides is 1. The molecule has 0 aliphatic rings. The number of sulfonamides is 1. The van der Waals surface area contributed by atoms with E-state index >= 15 is 0 Å². The molecule has 1 amide bonds. The molecule has 6 nitrogen and oxygen atoms in total. The number of rotatable bonds is 8. The molecule has 2 aromatic rings. The second kappa shape index (κ2) is 9.21. The van der Waals surface area contributed by atoms with Gasteiger partial charge in [0.25, 0.3) is 0 Å². The van der Waals surface area contributed by atoms with Gasteiger partial charge in [0.1, 0.15) is 5.75 Å². The number of ether oxygens (including phenoxy) is 1. The van der Waals surface area contributed by atoms with E-state index in [1.165, 1.54) is 26.2 Å². The van der Waals surface area contributed by atoms with E-state index < -0.39 is 16.1 Å². The molecule has 0 aromatic heterocycles. The first-order chi connectivity index (χ1) is 12.8. The van der Waals surface area contributed by atoms with Gasteiger partial charge in [-0.3, -0.25) is 4.79 Å². The second-order valence-corrected chi connectivity index (χ2v) is 8.08. The third kappa shape index (κ3) is 5.45. The monoisotopic (exact) mass is 410 g/mol. The molecule has 0 saturated heterocycles. The molecule has 27 heavy (non-hydrogen) atoms. The number of hydrogen-bond donors (Lipinski definition) is 1. The van der Waals surface area contributed by atoms with Gasteiger partial charge >= 0.3 is 0 Å². The van der Waals surface area contributed by atoms with E-state index in [0.717, 1.165) is 5.56 Å². The summed E-state index contributed by atoms with van der Waals surface area (Å²) in [7, 11) is -2.33. The van der Waals surface area contributed by atoms with Crippen LogP contribution in [0.15, 0.2) is 53.4 Å². The summed E-state index contributed by atoms with van der Waals surface area (Å²) in [4.78, 5) is 14.4. The Labute approximate surface area is 165 Å². The lowest BCUT2D eigenvalue weighted by Gasteiger charge is -2.25. The van der Waals surface area contributed by atoms with E-state index in [1.807, 2.05) is 25.1 Å². The predicted octanol–water partition coefficient (Wildman–Crippen LogP) is 3.06. The molecule has 2 aromatic carbocycles. The Hall–Kier alpha value is -2.09. The zero-order valence-corrected chi connectivity index (χ0v) is 17.0. The lowest BCUT2D eigenvalue weighted by Crippen LogP contribution is -2.46. The van der Waals surface area contributed by atoms with E-state index in [4.69, 9.17) is 16.3 Å². The Bertz CT molecular complexity index is 885. The molecule has 8 heteroatoms. The number of benzene rings is 2. The second-order valence-electron chi connectivity index (χ2n) is 5.96. The van der Waals surface area contributed by atoms with E-state index in [9.17, 15) is 13.2 Å². The largest absolute Gasteiger partial charge is 0.497 e. The fourth-order valence-corrected chi connectivity index (χ4v) is 3.95. The van der Waals surface area contributed by atoms with Gasteiger partial charge in [-0.2, -0.15) is 4.72 Å². The fraction of sp³-hybridized carbons (Fsp3) is 0.316. The summed E-state index contributed by atoms with van der Waals surface area (Å²) in [5.74, 6) is 0.226. The average molecular weight is 411 g/mol. The Morgan fingerprint density at radius 3 is 2.37 bits per heavy atom. The minimum atomic E-state index is -3.83. The molecule has 0 saturated carbocycles. The third-order valence-corrected chi connectivity index (χ3v) is 6.01. The van der Waals surface area contributed by atoms with Gasteiger partial charge in [-0.25, -0.2) is 8.42 Å². The van der Waals surface area contributed by atoms with Gasteiger partial charge in [-0.15, -0.1) is 0 Å². The highest BCUT2D eigenvalue weighted by atomic mass is 35.5. The number of halogens is 1. The molecule has 0 spiro atoms. The van der Waals surface area contributed by atoms with Crippen molar-refractivity contribution in [1.29, 1.82) is 0 Å². The quantitative estimate of drug-likeness (QED) is 0.725. The number of likely N-dealkylation sites (N-methyl/N-ethyl adjacent to an activating group) is 1. The molecule has 0 unspecified atom stereocenters. The van der Waals surface area contributed by atoms with Crippen molar-refractivity contribution in [3.05, 3.63) is 59.1 Å². The smallest absolute Gasteiger partial charge is 0.241 e. The van der Waals surface area contributed by atoms with Crippen molar-refractivity contribution in [3.8, 4) is 5.75 Å². The zero-order valence-electron chi connectivity index (χ0n) is 15.5. The molecule has 0 aliphatic heterocycles. The van der Waals surface area contributed by atoms with Crippen LogP contribution in [-0.4, -0.2) is 38.9 Å². The summed E-state index contributed by atoms with van der Waals surface area (Å²) >= 11 is 6.16. The molecule has 0 aliphatic carbocycles. The number of carbonyl (C=O) groups excluding carboxylic acids is 1. The minimum Gasteiger partial charge on any atom is -0.497 e. The highest BCUT2D eigenvalue weighted by molar-refractivity contribution is 7.89. The Balaban J connectivity index is 2.11. The van der Waals surface area contributed by atoms with Crippen molar-refractivity contribution < 1.29 is 17.9 Å². The maximum absolute atomic E-state index is 12.7. The van der Waals surface area contributed by atoms with Crippen LogP contribution < -0.4 is 9.46 Å². The molecule has 1 N–H and O–H groups in total. The van der Waals surface area contributed by atoms with Gasteiger partial charge in [0.05, 0.1) is 18.0 Å². The lowest BCUT2D eigenvalue weighted by molar-refractivity contribution is -0.133. The highest BCUT2D eigenvalue weighted by Gasteiger charge is 2.25. The molecule has 1 atom stereocenters.